The Morgan fingerprint density at radius 3 is 1.03 bits per heavy atom. The summed E-state index contributed by atoms with van der Waals surface area (Å²) in [6.45, 7) is 24.8. The van der Waals surface area contributed by atoms with Gasteiger partial charge in [-0.2, -0.15) is 0 Å². The molecule has 0 aromatic rings. The third-order valence-corrected chi connectivity index (χ3v) is 9.74. The van der Waals surface area contributed by atoms with Gasteiger partial charge in [0.15, 0.2) is 0 Å². The van der Waals surface area contributed by atoms with Crippen molar-refractivity contribution in [3.63, 3.8) is 0 Å². The minimum absolute atomic E-state index is 0.256. The van der Waals surface area contributed by atoms with Crippen molar-refractivity contribution in [2.24, 2.45) is 0 Å². The first-order chi connectivity index (χ1) is 17.5. The fourth-order valence-electron chi connectivity index (χ4n) is 7.07. The van der Waals surface area contributed by atoms with Gasteiger partial charge < -0.3 is 28.7 Å². The van der Waals surface area contributed by atoms with E-state index in [-0.39, 0.29) is 12.2 Å². The molecule has 0 amide bonds. The first-order valence-corrected chi connectivity index (χ1v) is 14.6. The maximum atomic E-state index is 10.6. The summed E-state index contributed by atoms with van der Waals surface area (Å²) >= 11 is 0. The quantitative estimate of drug-likeness (QED) is 0.351. The Kier molecular flexibility index (Phi) is 9.54. The first kappa shape index (κ1) is 27.2. The Morgan fingerprint density at radius 1 is 0.444 bits per heavy atom. The van der Waals surface area contributed by atoms with Gasteiger partial charge in [0.1, 0.15) is 26.2 Å². The number of quaternary nitrogens is 2. The van der Waals surface area contributed by atoms with Gasteiger partial charge >= 0.3 is 0 Å². The standard InChI is InChI=1S/C26H52N6O4/c33-25(23-29-5-17-35-18-6-29)21-27-1-9-31(10-2-27)13-15-32(16-14-31)11-3-28(4-12-32)22-26(34)24-30-7-19-36-20-8-30/h25-26,33-34H,1-24H2/q+2/t25-,26+. The first-order valence-electron chi connectivity index (χ1n) is 14.6. The Balaban J connectivity index is 0.984. The summed E-state index contributed by atoms with van der Waals surface area (Å²) in [5, 5.41) is 21.2. The van der Waals surface area contributed by atoms with Gasteiger partial charge in [-0.1, -0.05) is 0 Å². The molecule has 0 bridgehead atoms. The molecule has 208 valence electrons. The van der Waals surface area contributed by atoms with Crippen LogP contribution in [0, 0.1) is 0 Å². The fraction of sp³-hybridized carbons (Fsp3) is 1.00. The van der Waals surface area contributed by atoms with Gasteiger partial charge in [-0.25, -0.2) is 0 Å². The molecule has 0 unspecified atom stereocenters. The number of β-amino-alcohol motifs (C(OH)–C–C–N with tert-alkyl or cyclic N) is 2. The lowest BCUT2D eigenvalue weighted by molar-refractivity contribution is -1.03. The van der Waals surface area contributed by atoms with Crippen molar-refractivity contribution >= 4 is 0 Å². The van der Waals surface area contributed by atoms with Crippen LogP contribution in [0.5, 0.6) is 0 Å². The van der Waals surface area contributed by atoms with Crippen LogP contribution in [0.3, 0.4) is 0 Å². The molecular weight excluding hydrogens is 460 g/mol. The number of hydrogen-bond donors (Lipinski definition) is 2. The summed E-state index contributed by atoms with van der Waals surface area (Å²) in [7, 11) is 0. The van der Waals surface area contributed by atoms with E-state index in [1.807, 2.05) is 0 Å². The fourth-order valence-corrected chi connectivity index (χ4v) is 7.07. The third kappa shape index (κ3) is 7.37. The molecule has 0 saturated carbocycles. The average molecular weight is 513 g/mol. The predicted octanol–water partition coefficient (Wildman–Crippen LogP) is -2.35. The summed E-state index contributed by atoms with van der Waals surface area (Å²) < 4.78 is 13.4. The molecule has 5 saturated heterocycles. The van der Waals surface area contributed by atoms with Crippen LogP contribution in [0.25, 0.3) is 0 Å². The van der Waals surface area contributed by atoms with Gasteiger partial charge in [0.2, 0.25) is 0 Å². The zero-order valence-electron chi connectivity index (χ0n) is 22.5. The van der Waals surface area contributed by atoms with Gasteiger partial charge in [0.25, 0.3) is 0 Å². The Labute approximate surface area is 218 Å². The Morgan fingerprint density at radius 2 is 0.722 bits per heavy atom. The Bertz CT molecular complexity index is 591. The molecule has 0 aromatic heterocycles. The molecule has 2 atom stereocenters. The van der Waals surface area contributed by atoms with Gasteiger partial charge in [-0.15, -0.1) is 0 Å². The average Bonchev–Trinajstić information content (AvgIpc) is 2.90. The van der Waals surface area contributed by atoms with E-state index in [9.17, 15) is 10.2 Å². The van der Waals surface area contributed by atoms with Crippen LogP contribution < -0.4 is 0 Å². The number of piperazine rings is 3. The number of hydrogen-bond acceptors (Lipinski definition) is 8. The van der Waals surface area contributed by atoms with Crippen molar-refractivity contribution in [1.82, 2.24) is 19.6 Å². The number of aliphatic hydroxyl groups excluding tert-OH is 2. The largest absolute Gasteiger partial charge is 0.390 e. The maximum absolute atomic E-state index is 10.6. The summed E-state index contributed by atoms with van der Waals surface area (Å²) in [4.78, 5) is 9.66. The number of rotatable bonds is 8. The van der Waals surface area contributed by atoms with Crippen LogP contribution in [0.1, 0.15) is 0 Å². The second kappa shape index (κ2) is 12.6. The van der Waals surface area contributed by atoms with E-state index in [0.29, 0.717) is 0 Å². The molecule has 5 aliphatic heterocycles. The van der Waals surface area contributed by atoms with Crippen LogP contribution in [0.4, 0.5) is 0 Å². The predicted molar refractivity (Wildman–Crippen MR) is 139 cm³/mol. The highest BCUT2D eigenvalue weighted by Gasteiger charge is 2.45. The van der Waals surface area contributed by atoms with Crippen molar-refractivity contribution in [3.8, 4) is 0 Å². The smallest absolute Gasteiger partial charge is 0.129 e. The molecule has 5 aliphatic rings. The molecule has 0 aliphatic carbocycles. The zero-order valence-corrected chi connectivity index (χ0v) is 22.5. The highest BCUT2D eigenvalue weighted by atomic mass is 16.5. The van der Waals surface area contributed by atoms with E-state index in [1.165, 1.54) is 61.3 Å². The van der Waals surface area contributed by atoms with Crippen LogP contribution in [-0.2, 0) is 9.47 Å². The normalized spacial score (nSPS) is 30.5. The van der Waals surface area contributed by atoms with Gasteiger partial charge in [0, 0.05) is 78.5 Å². The van der Waals surface area contributed by atoms with Crippen molar-refractivity contribution in [2.75, 3.05) is 157 Å². The monoisotopic (exact) mass is 512 g/mol. The minimum atomic E-state index is -0.256. The Hall–Kier alpha value is -0.400. The molecular formula is C26H52N6O4+2. The summed E-state index contributed by atoms with van der Waals surface area (Å²) in [6.07, 6.45) is -0.512. The summed E-state index contributed by atoms with van der Waals surface area (Å²) in [6, 6.07) is 0. The molecule has 5 fully saturated rings. The molecule has 2 spiro atoms. The molecule has 10 heteroatoms. The second-order valence-corrected chi connectivity index (χ2v) is 12.2. The van der Waals surface area contributed by atoms with Crippen molar-refractivity contribution < 1.29 is 28.7 Å². The van der Waals surface area contributed by atoms with Crippen molar-refractivity contribution in [2.45, 2.75) is 12.2 Å². The topological polar surface area (TPSA) is 71.9 Å². The second-order valence-electron chi connectivity index (χ2n) is 12.2. The summed E-state index contributed by atoms with van der Waals surface area (Å²) in [5.41, 5.74) is 0. The third-order valence-electron chi connectivity index (χ3n) is 9.74. The van der Waals surface area contributed by atoms with Crippen LogP contribution in [-0.4, -0.2) is 208 Å². The molecule has 0 aromatic carbocycles. The molecule has 5 rings (SSSR count). The zero-order chi connectivity index (χ0) is 24.8. The highest BCUT2D eigenvalue weighted by Crippen LogP contribution is 2.24. The molecule has 2 N–H and O–H groups in total. The van der Waals surface area contributed by atoms with E-state index in [0.717, 1.165) is 105 Å². The maximum Gasteiger partial charge on any atom is 0.129 e. The number of ether oxygens (including phenoxy) is 2. The van der Waals surface area contributed by atoms with Crippen LogP contribution in [0.2, 0.25) is 0 Å². The lowest BCUT2D eigenvalue weighted by Crippen LogP contribution is -2.73. The van der Waals surface area contributed by atoms with E-state index in [4.69, 9.17) is 9.47 Å². The molecule has 36 heavy (non-hydrogen) atoms. The van der Waals surface area contributed by atoms with Crippen molar-refractivity contribution in [3.05, 3.63) is 0 Å². The number of nitrogens with zero attached hydrogens (tertiary/aromatic N) is 6. The van der Waals surface area contributed by atoms with Crippen LogP contribution in [0.15, 0.2) is 0 Å². The highest BCUT2D eigenvalue weighted by molar-refractivity contribution is 4.76. The van der Waals surface area contributed by atoms with Gasteiger partial charge in [-0.05, 0) is 0 Å². The minimum Gasteiger partial charge on any atom is -0.390 e. The van der Waals surface area contributed by atoms with Crippen LogP contribution >= 0.6 is 0 Å². The lowest BCUT2D eigenvalue weighted by Gasteiger charge is -2.54. The van der Waals surface area contributed by atoms with Gasteiger partial charge in [0.05, 0.1) is 64.8 Å². The van der Waals surface area contributed by atoms with Crippen molar-refractivity contribution in [1.29, 1.82) is 0 Å². The van der Waals surface area contributed by atoms with E-state index in [2.05, 4.69) is 19.6 Å². The van der Waals surface area contributed by atoms with E-state index in [1.54, 1.807) is 0 Å². The molecule has 5 heterocycles. The SMILES string of the molecule is O[C@H](CN1CCOCC1)CN1CC[N+]2(CC1)CC[N+]1(CCN(C[C@@H](O)CN3CCOCC3)CC1)CC2. The van der Waals surface area contributed by atoms with E-state index < -0.39 is 0 Å². The molecule has 0 radical (unpaired) electrons. The molecule has 10 nitrogen and oxygen atoms in total. The number of morpholine rings is 2. The lowest BCUT2D eigenvalue weighted by atomic mass is 10.1. The number of aliphatic hydroxyl groups is 2. The van der Waals surface area contributed by atoms with Gasteiger partial charge in [-0.3, -0.25) is 19.6 Å². The summed E-state index contributed by atoms with van der Waals surface area (Å²) in [5.74, 6) is 0. The van der Waals surface area contributed by atoms with E-state index >= 15 is 0 Å².